The van der Waals surface area contributed by atoms with Gasteiger partial charge in [-0.3, -0.25) is 9.59 Å². The molecule has 0 heterocycles. The van der Waals surface area contributed by atoms with E-state index in [1.165, 1.54) is 19.3 Å². The molecule has 1 aliphatic rings. The third-order valence-electron chi connectivity index (χ3n) is 4.30. The van der Waals surface area contributed by atoms with E-state index in [-0.39, 0.29) is 24.4 Å². The molecule has 22 heavy (non-hydrogen) atoms. The first kappa shape index (κ1) is 16.3. The number of benzene rings is 1. The van der Waals surface area contributed by atoms with Gasteiger partial charge in [-0.15, -0.1) is 0 Å². The molecular weight excluding hydrogens is 278 g/mol. The normalized spacial score (nSPS) is 21.0. The summed E-state index contributed by atoms with van der Waals surface area (Å²) in [6.45, 7) is 2.37. The molecule has 1 aliphatic carbocycles. The smallest absolute Gasteiger partial charge is 0.253 e. The molecule has 1 aromatic carbocycles. The predicted molar refractivity (Wildman–Crippen MR) is 87.9 cm³/mol. The summed E-state index contributed by atoms with van der Waals surface area (Å²) < 4.78 is 0. The molecule has 5 heteroatoms. The molecule has 2 rings (SSSR count). The van der Waals surface area contributed by atoms with Crippen LogP contribution >= 0.6 is 0 Å². The van der Waals surface area contributed by atoms with Gasteiger partial charge >= 0.3 is 0 Å². The maximum Gasteiger partial charge on any atom is 0.253 e. The van der Waals surface area contributed by atoms with E-state index >= 15 is 0 Å². The monoisotopic (exact) mass is 303 g/mol. The fourth-order valence-electron chi connectivity index (χ4n) is 2.93. The zero-order chi connectivity index (χ0) is 15.9. The van der Waals surface area contributed by atoms with Crippen LogP contribution in [-0.4, -0.2) is 31.4 Å². The van der Waals surface area contributed by atoms with E-state index in [4.69, 9.17) is 0 Å². The highest BCUT2D eigenvalue weighted by Crippen LogP contribution is 2.23. The van der Waals surface area contributed by atoms with Crippen molar-refractivity contribution in [2.45, 2.75) is 38.6 Å². The number of carbonyl (C=O) groups is 2. The number of para-hydroxylation sites is 1. The maximum absolute atomic E-state index is 12.1. The van der Waals surface area contributed by atoms with Crippen LogP contribution in [0.4, 0.5) is 5.69 Å². The average molecular weight is 303 g/mol. The fraction of sp³-hybridized carbons (Fsp3) is 0.529. The van der Waals surface area contributed by atoms with Gasteiger partial charge in [-0.25, -0.2) is 0 Å². The number of carbonyl (C=O) groups excluding carboxylic acids is 2. The van der Waals surface area contributed by atoms with Crippen molar-refractivity contribution in [2.24, 2.45) is 5.92 Å². The van der Waals surface area contributed by atoms with Crippen LogP contribution in [-0.2, 0) is 4.79 Å². The van der Waals surface area contributed by atoms with E-state index in [0.29, 0.717) is 17.2 Å². The molecular formula is C17H25N3O2. The topological polar surface area (TPSA) is 70.2 Å². The molecule has 1 fully saturated rings. The second-order valence-corrected chi connectivity index (χ2v) is 5.91. The molecule has 2 amide bonds. The zero-order valence-corrected chi connectivity index (χ0v) is 13.3. The van der Waals surface area contributed by atoms with Gasteiger partial charge in [-0.1, -0.05) is 31.9 Å². The highest BCUT2D eigenvalue weighted by atomic mass is 16.2. The van der Waals surface area contributed by atoms with Crippen LogP contribution < -0.4 is 16.0 Å². The molecule has 120 valence electrons. The second kappa shape index (κ2) is 7.82. The van der Waals surface area contributed by atoms with Gasteiger partial charge in [0.2, 0.25) is 5.91 Å². The molecule has 5 nitrogen and oxygen atoms in total. The summed E-state index contributed by atoms with van der Waals surface area (Å²) in [4.78, 5) is 23.9. The Balaban J connectivity index is 1.90. The molecule has 0 bridgehead atoms. The van der Waals surface area contributed by atoms with E-state index < -0.39 is 0 Å². The Morgan fingerprint density at radius 2 is 1.91 bits per heavy atom. The van der Waals surface area contributed by atoms with Crippen molar-refractivity contribution in [3.8, 4) is 0 Å². The number of rotatable bonds is 5. The molecule has 0 spiro atoms. The third-order valence-corrected chi connectivity index (χ3v) is 4.30. The van der Waals surface area contributed by atoms with E-state index in [0.717, 1.165) is 6.42 Å². The fourth-order valence-corrected chi connectivity index (χ4v) is 2.93. The van der Waals surface area contributed by atoms with Gasteiger partial charge in [-0.05, 0) is 30.9 Å². The van der Waals surface area contributed by atoms with Gasteiger partial charge in [0.1, 0.15) is 0 Å². The number of amides is 2. The Hall–Kier alpha value is -2.04. The number of hydrogen-bond acceptors (Lipinski definition) is 3. The molecule has 0 radical (unpaired) electrons. The van der Waals surface area contributed by atoms with E-state index in [9.17, 15) is 9.59 Å². The van der Waals surface area contributed by atoms with Crippen molar-refractivity contribution in [1.82, 2.24) is 10.6 Å². The lowest BCUT2D eigenvalue weighted by Gasteiger charge is -2.29. The Bertz CT molecular complexity index is 530. The minimum Gasteiger partial charge on any atom is -0.376 e. The SMILES string of the molecule is CNC(=O)c1ccccc1NCC(=O)NC1CCCCC1C. The minimum atomic E-state index is -0.163. The van der Waals surface area contributed by atoms with Crippen molar-refractivity contribution in [3.63, 3.8) is 0 Å². The predicted octanol–water partition coefficient (Wildman–Crippen LogP) is 2.15. The van der Waals surface area contributed by atoms with Crippen LogP contribution in [0.15, 0.2) is 24.3 Å². The van der Waals surface area contributed by atoms with Crippen molar-refractivity contribution < 1.29 is 9.59 Å². The summed E-state index contributed by atoms with van der Waals surface area (Å²) in [5.74, 6) is 0.353. The third kappa shape index (κ3) is 4.23. The van der Waals surface area contributed by atoms with Crippen LogP contribution in [0.25, 0.3) is 0 Å². The van der Waals surface area contributed by atoms with Crippen molar-refractivity contribution in [3.05, 3.63) is 29.8 Å². The van der Waals surface area contributed by atoms with Gasteiger partial charge in [0.15, 0.2) is 0 Å². The van der Waals surface area contributed by atoms with Crippen LogP contribution in [0, 0.1) is 5.92 Å². The molecule has 0 aliphatic heterocycles. The Morgan fingerprint density at radius 1 is 1.18 bits per heavy atom. The molecule has 3 N–H and O–H groups in total. The molecule has 2 atom stereocenters. The molecule has 0 aromatic heterocycles. The van der Waals surface area contributed by atoms with E-state index in [2.05, 4.69) is 22.9 Å². The largest absolute Gasteiger partial charge is 0.376 e. The van der Waals surface area contributed by atoms with Gasteiger partial charge in [0.05, 0.1) is 12.1 Å². The summed E-state index contributed by atoms with van der Waals surface area (Å²) in [5, 5.41) is 8.76. The summed E-state index contributed by atoms with van der Waals surface area (Å²) in [6.07, 6.45) is 4.67. The minimum absolute atomic E-state index is 0.0227. The Kier molecular flexibility index (Phi) is 5.81. The standard InChI is InChI=1S/C17H25N3O2/c1-12-7-3-5-9-14(12)20-16(21)11-19-15-10-6-4-8-13(15)17(22)18-2/h4,6,8,10,12,14,19H,3,5,7,9,11H2,1-2H3,(H,18,22)(H,20,21). The summed E-state index contributed by atoms with van der Waals surface area (Å²) in [6, 6.07) is 7.47. The number of nitrogens with one attached hydrogen (secondary N) is 3. The first-order valence-electron chi connectivity index (χ1n) is 7.96. The van der Waals surface area contributed by atoms with Crippen LogP contribution in [0.2, 0.25) is 0 Å². The van der Waals surface area contributed by atoms with Gasteiger partial charge in [-0.2, -0.15) is 0 Å². The van der Waals surface area contributed by atoms with Crippen LogP contribution in [0.1, 0.15) is 43.0 Å². The first-order valence-corrected chi connectivity index (χ1v) is 7.96. The average Bonchev–Trinajstić information content (AvgIpc) is 2.54. The van der Waals surface area contributed by atoms with Crippen LogP contribution in [0.5, 0.6) is 0 Å². The highest BCUT2D eigenvalue weighted by Gasteiger charge is 2.22. The highest BCUT2D eigenvalue weighted by molar-refractivity contribution is 5.99. The van der Waals surface area contributed by atoms with Crippen LogP contribution in [0.3, 0.4) is 0 Å². The van der Waals surface area contributed by atoms with Crippen molar-refractivity contribution in [1.29, 1.82) is 0 Å². The van der Waals surface area contributed by atoms with Crippen molar-refractivity contribution >= 4 is 17.5 Å². The van der Waals surface area contributed by atoms with Crippen molar-refractivity contribution in [2.75, 3.05) is 18.9 Å². The first-order chi connectivity index (χ1) is 10.6. The van der Waals surface area contributed by atoms with Gasteiger partial charge < -0.3 is 16.0 Å². The molecule has 0 saturated heterocycles. The summed E-state index contributed by atoms with van der Waals surface area (Å²) in [5.41, 5.74) is 1.22. The number of hydrogen-bond donors (Lipinski definition) is 3. The Morgan fingerprint density at radius 3 is 2.64 bits per heavy atom. The molecule has 1 saturated carbocycles. The Labute approximate surface area is 131 Å². The maximum atomic E-state index is 12.1. The zero-order valence-electron chi connectivity index (χ0n) is 13.3. The van der Waals surface area contributed by atoms with E-state index in [1.807, 2.05) is 6.07 Å². The quantitative estimate of drug-likeness (QED) is 0.780. The summed E-state index contributed by atoms with van der Waals surface area (Å²) >= 11 is 0. The van der Waals surface area contributed by atoms with Gasteiger partial charge in [0, 0.05) is 18.8 Å². The lowest BCUT2D eigenvalue weighted by atomic mass is 9.86. The molecule has 2 unspecified atom stereocenters. The van der Waals surface area contributed by atoms with E-state index in [1.54, 1.807) is 25.2 Å². The lowest BCUT2D eigenvalue weighted by molar-refractivity contribution is -0.120. The number of anilines is 1. The molecule has 1 aromatic rings. The lowest BCUT2D eigenvalue weighted by Crippen LogP contribution is -2.43. The van der Waals surface area contributed by atoms with Gasteiger partial charge in [0.25, 0.3) is 5.91 Å². The second-order valence-electron chi connectivity index (χ2n) is 5.91. The summed E-state index contributed by atoms with van der Waals surface area (Å²) in [7, 11) is 1.59.